The minimum absolute atomic E-state index is 0.0948. The van der Waals surface area contributed by atoms with Crippen LogP contribution in [-0.2, 0) is 5.41 Å². The second-order valence-electron chi connectivity index (χ2n) is 6.71. The van der Waals surface area contributed by atoms with Gasteiger partial charge in [0.2, 0.25) is 0 Å². The molecule has 2 rings (SSSR count). The van der Waals surface area contributed by atoms with Gasteiger partial charge in [0.05, 0.1) is 0 Å². The van der Waals surface area contributed by atoms with Crippen LogP contribution in [0, 0.1) is 13.8 Å². The number of rotatable bonds is 4. The Morgan fingerprint density at radius 3 is 2.26 bits per heavy atom. The van der Waals surface area contributed by atoms with E-state index in [0.29, 0.717) is 0 Å². The summed E-state index contributed by atoms with van der Waals surface area (Å²) in [6.45, 7) is 10.6. The monoisotopic (exact) mass is 310 g/mol. The Hall–Kier alpha value is -2.29. The summed E-state index contributed by atoms with van der Waals surface area (Å²) < 4.78 is 0. The van der Waals surface area contributed by atoms with Crippen LogP contribution in [0.1, 0.15) is 43.9 Å². The predicted octanol–water partition coefficient (Wildman–Crippen LogP) is 5.64. The lowest BCUT2D eigenvalue weighted by Crippen LogP contribution is -2.21. The van der Waals surface area contributed by atoms with Crippen LogP contribution in [-0.4, -0.2) is 6.03 Å². The molecule has 3 nitrogen and oxygen atoms in total. The zero-order valence-corrected chi connectivity index (χ0v) is 14.7. The van der Waals surface area contributed by atoms with E-state index >= 15 is 0 Å². The van der Waals surface area contributed by atoms with Gasteiger partial charge >= 0.3 is 6.03 Å². The molecule has 0 aliphatic rings. The summed E-state index contributed by atoms with van der Waals surface area (Å²) >= 11 is 0. The number of carbonyl (C=O) groups is 1. The third-order valence-corrected chi connectivity index (χ3v) is 4.46. The van der Waals surface area contributed by atoms with Crippen molar-refractivity contribution in [2.24, 2.45) is 0 Å². The van der Waals surface area contributed by atoms with Gasteiger partial charge in [-0.3, -0.25) is 0 Å². The fourth-order valence-corrected chi connectivity index (χ4v) is 2.30. The molecule has 0 heterocycles. The van der Waals surface area contributed by atoms with E-state index in [4.69, 9.17) is 0 Å². The van der Waals surface area contributed by atoms with E-state index in [1.807, 2.05) is 38.1 Å². The first-order valence-electron chi connectivity index (χ1n) is 8.07. The molecule has 0 saturated heterocycles. The first-order chi connectivity index (χ1) is 10.8. The molecular weight excluding hydrogens is 284 g/mol. The summed E-state index contributed by atoms with van der Waals surface area (Å²) in [4.78, 5) is 12.2. The summed E-state index contributed by atoms with van der Waals surface area (Å²) in [5.41, 5.74) is 5.19. The Labute approximate surface area is 139 Å². The summed E-state index contributed by atoms with van der Waals surface area (Å²) in [5.74, 6) is 0. The number of hydrogen-bond donors (Lipinski definition) is 2. The molecule has 0 bridgehead atoms. The molecule has 2 aromatic carbocycles. The van der Waals surface area contributed by atoms with Crippen LogP contribution < -0.4 is 10.6 Å². The average Bonchev–Trinajstić information content (AvgIpc) is 2.51. The van der Waals surface area contributed by atoms with Gasteiger partial charge in [-0.15, -0.1) is 0 Å². The molecule has 2 amide bonds. The molecule has 0 aliphatic carbocycles. The van der Waals surface area contributed by atoms with Crippen LogP contribution in [0.2, 0.25) is 0 Å². The van der Waals surface area contributed by atoms with Crippen molar-refractivity contribution in [1.29, 1.82) is 0 Å². The van der Waals surface area contributed by atoms with Crippen molar-refractivity contribution in [2.45, 2.75) is 46.5 Å². The van der Waals surface area contributed by atoms with Gasteiger partial charge in [0, 0.05) is 11.4 Å². The van der Waals surface area contributed by atoms with Crippen LogP contribution in [0.15, 0.2) is 42.5 Å². The first-order valence-corrected chi connectivity index (χ1v) is 8.07. The highest BCUT2D eigenvalue weighted by molar-refractivity contribution is 6.00. The number of benzene rings is 2. The van der Waals surface area contributed by atoms with Crippen molar-refractivity contribution < 1.29 is 4.79 Å². The van der Waals surface area contributed by atoms with Crippen molar-refractivity contribution in [1.82, 2.24) is 0 Å². The van der Waals surface area contributed by atoms with Crippen LogP contribution in [0.5, 0.6) is 0 Å². The fourth-order valence-electron chi connectivity index (χ4n) is 2.30. The Morgan fingerprint density at radius 1 is 1.00 bits per heavy atom. The molecular formula is C20H26N2O. The molecule has 122 valence electrons. The van der Waals surface area contributed by atoms with Crippen molar-refractivity contribution in [3.8, 4) is 0 Å². The molecule has 3 heteroatoms. The maximum absolute atomic E-state index is 12.2. The highest BCUT2D eigenvalue weighted by Crippen LogP contribution is 2.30. The van der Waals surface area contributed by atoms with Crippen molar-refractivity contribution in [3.05, 3.63) is 59.2 Å². The lowest BCUT2D eigenvalue weighted by molar-refractivity contribution is 0.262. The van der Waals surface area contributed by atoms with E-state index in [2.05, 4.69) is 49.6 Å². The fraction of sp³-hybridized carbons (Fsp3) is 0.350. The Bertz CT molecular complexity index is 687. The number of hydrogen-bond acceptors (Lipinski definition) is 1. The van der Waals surface area contributed by atoms with Crippen LogP contribution in [0.3, 0.4) is 0 Å². The third kappa shape index (κ3) is 4.35. The maximum atomic E-state index is 12.2. The highest BCUT2D eigenvalue weighted by atomic mass is 16.2. The Morgan fingerprint density at radius 2 is 1.65 bits per heavy atom. The summed E-state index contributed by atoms with van der Waals surface area (Å²) in [6.07, 6.45) is 1.05. The van der Waals surface area contributed by atoms with Gasteiger partial charge in [-0.25, -0.2) is 4.79 Å². The van der Waals surface area contributed by atoms with Gasteiger partial charge in [-0.2, -0.15) is 0 Å². The summed E-state index contributed by atoms with van der Waals surface area (Å²) in [6, 6.07) is 13.8. The maximum Gasteiger partial charge on any atom is 0.323 e. The molecule has 0 unspecified atom stereocenters. The van der Waals surface area contributed by atoms with Crippen LogP contribution in [0.25, 0.3) is 0 Å². The predicted molar refractivity (Wildman–Crippen MR) is 98.3 cm³/mol. The topological polar surface area (TPSA) is 41.1 Å². The second kappa shape index (κ2) is 6.86. The number of amides is 2. The molecule has 2 N–H and O–H groups in total. The first kappa shape index (κ1) is 17.1. The van der Waals surface area contributed by atoms with E-state index < -0.39 is 0 Å². The van der Waals surface area contributed by atoms with Crippen LogP contribution in [0.4, 0.5) is 16.2 Å². The molecule has 0 saturated carbocycles. The molecule has 0 fully saturated rings. The number of carbonyl (C=O) groups excluding carboxylic acids is 1. The molecule has 0 radical (unpaired) electrons. The number of aryl methyl sites for hydroxylation is 2. The van der Waals surface area contributed by atoms with E-state index in [1.54, 1.807) is 0 Å². The standard InChI is InChI=1S/C20H26N2O/c1-6-20(4,5)16-10-9-15(3)18(13-16)22-19(23)21-17-11-7-14(2)8-12-17/h7-13H,6H2,1-5H3,(H2,21,22,23). The molecule has 0 aliphatic heterocycles. The SMILES string of the molecule is CCC(C)(C)c1ccc(C)c(NC(=O)Nc2ccc(C)cc2)c1. The van der Waals surface area contributed by atoms with E-state index in [0.717, 1.165) is 23.4 Å². The van der Waals surface area contributed by atoms with Gasteiger partial charge in [-0.1, -0.05) is 50.6 Å². The van der Waals surface area contributed by atoms with Gasteiger partial charge in [0.25, 0.3) is 0 Å². The molecule has 0 aromatic heterocycles. The van der Waals surface area contributed by atoms with Crippen molar-refractivity contribution in [3.63, 3.8) is 0 Å². The van der Waals surface area contributed by atoms with Crippen molar-refractivity contribution in [2.75, 3.05) is 10.6 Å². The Balaban J connectivity index is 2.14. The molecule has 0 spiro atoms. The van der Waals surface area contributed by atoms with Gasteiger partial charge in [-0.05, 0) is 55.0 Å². The molecule has 23 heavy (non-hydrogen) atoms. The van der Waals surface area contributed by atoms with E-state index in [9.17, 15) is 4.79 Å². The molecule has 0 atom stereocenters. The zero-order valence-electron chi connectivity index (χ0n) is 14.7. The quantitative estimate of drug-likeness (QED) is 0.754. The minimum Gasteiger partial charge on any atom is -0.308 e. The van der Waals surface area contributed by atoms with E-state index in [1.165, 1.54) is 11.1 Å². The lowest BCUT2D eigenvalue weighted by atomic mass is 9.82. The zero-order chi connectivity index (χ0) is 17.0. The van der Waals surface area contributed by atoms with Gasteiger partial charge in [0.15, 0.2) is 0 Å². The average molecular weight is 310 g/mol. The summed E-state index contributed by atoms with van der Waals surface area (Å²) in [7, 11) is 0. The number of nitrogens with one attached hydrogen (secondary N) is 2. The van der Waals surface area contributed by atoms with Crippen LogP contribution >= 0.6 is 0 Å². The minimum atomic E-state index is -0.219. The summed E-state index contributed by atoms with van der Waals surface area (Å²) in [5, 5.41) is 5.83. The second-order valence-corrected chi connectivity index (χ2v) is 6.71. The van der Waals surface area contributed by atoms with Gasteiger partial charge in [0.1, 0.15) is 0 Å². The lowest BCUT2D eigenvalue weighted by Gasteiger charge is -2.24. The Kier molecular flexibility index (Phi) is 5.09. The largest absolute Gasteiger partial charge is 0.323 e. The normalized spacial score (nSPS) is 11.2. The number of anilines is 2. The van der Waals surface area contributed by atoms with E-state index in [-0.39, 0.29) is 11.4 Å². The highest BCUT2D eigenvalue weighted by Gasteiger charge is 2.19. The third-order valence-electron chi connectivity index (χ3n) is 4.46. The van der Waals surface area contributed by atoms with Crippen molar-refractivity contribution >= 4 is 17.4 Å². The van der Waals surface area contributed by atoms with Gasteiger partial charge < -0.3 is 10.6 Å². The molecule has 2 aromatic rings. The number of urea groups is 1. The smallest absolute Gasteiger partial charge is 0.308 e.